The lowest BCUT2D eigenvalue weighted by atomic mass is 10.2. The van der Waals surface area contributed by atoms with Gasteiger partial charge < -0.3 is 14.8 Å². The largest absolute Gasteiger partial charge is 0.508 e. The molecule has 1 aliphatic heterocycles. The molecule has 2 N–H and O–H groups in total. The van der Waals surface area contributed by atoms with Gasteiger partial charge in [-0.1, -0.05) is 0 Å². The molecule has 0 aliphatic carbocycles. The van der Waals surface area contributed by atoms with Crippen LogP contribution in [0.25, 0.3) is 11.0 Å². The number of thioether (sulfide) groups is 1. The molecule has 1 aliphatic rings. The number of furan rings is 1. The van der Waals surface area contributed by atoms with Crippen LogP contribution in [0.1, 0.15) is 10.6 Å². The number of carbonyl (C=O) groups excluding carboxylic acids is 1. The fourth-order valence-corrected chi connectivity index (χ4v) is 3.36. The number of benzene rings is 1. The van der Waals surface area contributed by atoms with E-state index in [4.69, 9.17) is 4.42 Å². The van der Waals surface area contributed by atoms with Gasteiger partial charge in [-0.2, -0.15) is 11.8 Å². The lowest BCUT2D eigenvalue weighted by Crippen LogP contribution is -2.39. The zero-order valence-electron chi connectivity index (χ0n) is 11.7. The Morgan fingerprint density at radius 3 is 2.95 bits per heavy atom. The Bertz CT molecular complexity index is 635. The zero-order chi connectivity index (χ0) is 14.7. The Kier molecular flexibility index (Phi) is 4.36. The molecule has 2 heterocycles. The molecule has 0 unspecified atom stereocenters. The molecule has 2 aromatic rings. The summed E-state index contributed by atoms with van der Waals surface area (Å²) in [7, 11) is 0. The van der Waals surface area contributed by atoms with Crippen molar-refractivity contribution in [2.45, 2.75) is 0 Å². The molecule has 21 heavy (non-hydrogen) atoms. The molecule has 1 amide bonds. The molecule has 1 saturated heterocycles. The van der Waals surface area contributed by atoms with Crippen molar-refractivity contribution in [2.75, 3.05) is 37.7 Å². The Hall–Kier alpha value is -1.66. The quantitative estimate of drug-likeness (QED) is 0.903. The average Bonchev–Trinajstić information content (AvgIpc) is 2.91. The molecule has 0 bridgehead atoms. The molecular formula is C15H18N2O3S. The summed E-state index contributed by atoms with van der Waals surface area (Å²) in [5, 5.41) is 13.0. The molecule has 5 nitrogen and oxygen atoms in total. The van der Waals surface area contributed by atoms with Crippen molar-refractivity contribution < 1.29 is 14.3 Å². The maximum atomic E-state index is 12.1. The number of hydrogen-bond acceptors (Lipinski definition) is 5. The molecule has 3 rings (SSSR count). The van der Waals surface area contributed by atoms with Crippen LogP contribution in [0.15, 0.2) is 28.7 Å². The summed E-state index contributed by atoms with van der Waals surface area (Å²) in [6.45, 7) is 3.66. The molecule has 1 aromatic carbocycles. The van der Waals surface area contributed by atoms with Gasteiger partial charge in [0.15, 0.2) is 5.76 Å². The highest BCUT2D eigenvalue weighted by molar-refractivity contribution is 7.99. The lowest BCUT2D eigenvalue weighted by Gasteiger charge is -2.25. The summed E-state index contributed by atoms with van der Waals surface area (Å²) < 4.78 is 5.49. The first-order valence-electron chi connectivity index (χ1n) is 7.03. The van der Waals surface area contributed by atoms with E-state index in [-0.39, 0.29) is 17.4 Å². The van der Waals surface area contributed by atoms with Crippen molar-refractivity contribution in [2.24, 2.45) is 0 Å². The molecule has 0 spiro atoms. The summed E-state index contributed by atoms with van der Waals surface area (Å²) in [5.74, 6) is 2.57. The number of carbonyl (C=O) groups is 1. The third kappa shape index (κ3) is 3.51. The van der Waals surface area contributed by atoms with Crippen molar-refractivity contribution in [1.82, 2.24) is 10.2 Å². The topological polar surface area (TPSA) is 65.7 Å². The summed E-state index contributed by atoms with van der Waals surface area (Å²) in [4.78, 5) is 14.4. The van der Waals surface area contributed by atoms with Gasteiger partial charge in [0.25, 0.3) is 5.91 Å². The van der Waals surface area contributed by atoms with Gasteiger partial charge in [0.1, 0.15) is 11.3 Å². The van der Waals surface area contributed by atoms with Gasteiger partial charge in [0, 0.05) is 43.1 Å². The maximum absolute atomic E-state index is 12.1. The summed E-state index contributed by atoms with van der Waals surface area (Å²) in [6.07, 6.45) is 0. The molecule has 0 atom stereocenters. The minimum absolute atomic E-state index is 0.165. The van der Waals surface area contributed by atoms with Crippen LogP contribution in [0.5, 0.6) is 5.75 Å². The van der Waals surface area contributed by atoms with Crippen LogP contribution >= 0.6 is 11.8 Å². The number of rotatable bonds is 4. The van der Waals surface area contributed by atoms with Crippen molar-refractivity contribution in [3.8, 4) is 5.75 Å². The Morgan fingerprint density at radius 2 is 2.14 bits per heavy atom. The molecule has 1 aromatic heterocycles. The average molecular weight is 306 g/mol. The molecule has 1 fully saturated rings. The number of hydrogen-bond donors (Lipinski definition) is 2. The van der Waals surface area contributed by atoms with Crippen LogP contribution in [0.3, 0.4) is 0 Å². The first-order valence-corrected chi connectivity index (χ1v) is 8.19. The second-order valence-electron chi connectivity index (χ2n) is 5.04. The number of nitrogens with zero attached hydrogens (tertiary/aromatic N) is 1. The van der Waals surface area contributed by atoms with Gasteiger partial charge in [0.05, 0.1) is 0 Å². The monoisotopic (exact) mass is 306 g/mol. The van der Waals surface area contributed by atoms with Gasteiger partial charge in [0.2, 0.25) is 0 Å². The maximum Gasteiger partial charge on any atom is 0.287 e. The van der Waals surface area contributed by atoms with Gasteiger partial charge in [-0.25, -0.2) is 0 Å². The van der Waals surface area contributed by atoms with E-state index >= 15 is 0 Å². The summed E-state index contributed by atoms with van der Waals surface area (Å²) in [5.41, 5.74) is 0.603. The van der Waals surface area contributed by atoms with E-state index in [1.165, 1.54) is 11.5 Å². The predicted octanol–water partition coefficient (Wildman–Crippen LogP) is 1.92. The van der Waals surface area contributed by atoms with Gasteiger partial charge in [-0.15, -0.1) is 0 Å². The highest BCUT2D eigenvalue weighted by atomic mass is 32.2. The first kappa shape index (κ1) is 14.3. The number of aromatic hydroxyl groups is 1. The fourth-order valence-electron chi connectivity index (χ4n) is 2.38. The van der Waals surface area contributed by atoms with E-state index in [9.17, 15) is 9.90 Å². The smallest absolute Gasteiger partial charge is 0.287 e. The van der Waals surface area contributed by atoms with Crippen LogP contribution < -0.4 is 5.32 Å². The molecule has 0 radical (unpaired) electrons. The summed E-state index contributed by atoms with van der Waals surface area (Å²) >= 11 is 1.97. The van der Waals surface area contributed by atoms with E-state index < -0.39 is 0 Å². The van der Waals surface area contributed by atoms with Gasteiger partial charge in [-0.3, -0.25) is 9.69 Å². The van der Waals surface area contributed by atoms with E-state index in [1.54, 1.807) is 24.3 Å². The van der Waals surface area contributed by atoms with Gasteiger partial charge >= 0.3 is 0 Å². The van der Waals surface area contributed by atoms with Crippen LogP contribution in [0, 0.1) is 0 Å². The number of amides is 1. The highest BCUT2D eigenvalue weighted by Crippen LogP contribution is 2.23. The van der Waals surface area contributed by atoms with Crippen LogP contribution in [0.4, 0.5) is 0 Å². The van der Waals surface area contributed by atoms with Crippen molar-refractivity contribution >= 4 is 28.6 Å². The number of fused-ring (bicyclic) bond motifs is 1. The van der Waals surface area contributed by atoms with Crippen molar-refractivity contribution in [3.63, 3.8) is 0 Å². The molecular weight excluding hydrogens is 288 g/mol. The lowest BCUT2D eigenvalue weighted by molar-refractivity contribution is 0.0923. The van der Waals surface area contributed by atoms with E-state index in [0.29, 0.717) is 12.1 Å². The normalized spacial score (nSPS) is 16.2. The van der Waals surface area contributed by atoms with E-state index in [2.05, 4.69) is 10.2 Å². The van der Waals surface area contributed by atoms with Crippen LogP contribution in [-0.2, 0) is 0 Å². The highest BCUT2D eigenvalue weighted by Gasteiger charge is 2.14. The first-order chi connectivity index (χ1) is 10.2. The van der Waals surface area contributed by atoms with E-state index in [0.717, 1.165) is 25.0 Å². The van der Waals surface area contributed by atoms with Gasteiger partial charge in [-0.05, 0) is 24.3 Å². The zero-order valence-corrected chi connectivity index (χ0v) is 12.5. The Labute approximate surface area is 127 Å². The van der Waals surface area contributed by atoms with Crippen molar-refractivity contribution in [3.05, 3.63) is 30.0 Å². The second kappa shape index (κ2) is 6.41. The minimum Gasteiger partial charge on any atom is -0.508 e. The fraction of sp³-hybridized carbons (Fsp3) is 0.400. The van der Waals surface area contributed by atoms with Crippen LogP contribution in [-0.4, -0.2) is 53.6 Å². The van der Waals surface area contributed by atoms with E-state index in [1.807, 2.05) is 11.8 Å². The molecule has 112 valence electrons. The predicted molar refractivity (Wildman–Crippen MR) is 84.0 cm³/mol. The third-order valence-electron chi connectivity index (χ3n) is 3.54. The number of phenols is 1. The van der Waals surface area contributed by atoms with Crippen molar-refractivity contribution in [1.29, 1.82) is 0 Å². The number of nitrogens with one attached hydrogen (secondary N) is 1. The van der Waals surface area contributed by atoms with Crippen LogP contribution in [0.2, 0.25) is 0 Å². The SMILES string of the molecule is O=C(NCCN1CCSCC1)c1cc2cc(O)ccc2o1. The minimum atomic E-state index is -0.211. The molecule has 6 heteroatoms. The standard InChI is InChI=1S/C15H18N2O3S/c18-12-1-2-13-11(9-12)10-14(20-13)15(19)16-3-4-17-5-7-21-8-6-17/h1-2,9-10,18H,3-8H2,(H,16,19). The summed E-state index contributed by atoms with van der Waals surface area (Å²) in [6, 6.07) is 6.44. The second-order valence-corrected chi connectivity index (χ2v) is 6.27. The third-order valence-corrected chi connectivity index (χ3v) is 4.48. The molecule has 0 saturated carbocycles. The Morgan fingerprint density at radius 1 is 1.33 bits per heavy atom. The Balaban J connectivity index is 1.56. The number of phenolic OH excluding ortho intramolecular Hbond substituents is 1.